The summed E-state index contributed by atoms with van der Waals surface area (Å²) >= 11 is 5.06. The van der Waals surface area contributed by atoms with Crippen molar-refractivity contribution >= 4 is 23.0 Å². The lowest BCUT2D eigenvalue weighted by molar-refractivity contribution is 0.204. The summed E-state index contributed by atoms with van der Waals surface area (Å²) in [6.45, 7) is 4.54. The van der Waals surface area contributed by atoms with Crippen LogP contribution in [0, 0.1) is 0 Å². The molecule has 1 aliphatic rings. The molecule has 1 fully saturated rings. The molecule has 0 aliphatic carbocycles. The highest BCUT2D eigenvalue weighted by Gasteiger charge is 2.19. The van der Waals surface area contributed by atoms with Crippen molar-refractivity contribution in [3.63, 3.8) is 0 Å². The number of nitrogens with zero attached hydrogens (tertiary/aromatic N) is 4. The fourth-order valence-corrected chi connectivity index (χ4v) is 2.46. The van der Waals surface area contributed by atoms with E-state index in [1.54, 1.807) is 12.3 Å². The number of hydrogen-bond acceptors (Lipinski definition) is 6. The average molecular weight is 281 g/mol. The largest absolute Gasteiger partial charge is 0.395 e. The summed E-state index contributed by atoms with van der Waals surface area (Å²) in [5.41, 5.74) is 6.51. The van der Waals surface area contributed by atoms with Gasteiger partial charge in [-0.3, -0.25) is 4.90 Å². The molecule has 2 heterocycles. The molecule has 0 spiro atoms. The summed E-state index contributed by atoms with van der Waals surface area (Å²) in [4.78, 5) is 4.76. The monoisotopic (exact) mass is 281 g/mol. The van der Waals surface area contributed by atoms with Gasteiger partial charge in [0.15, 0.2) is 5.82 Å². The molecule has 0 bridgehead atoms. The van der Waals surface area contributed by atoms with Crippen molar-refractivity contribution < 1.29 is 5.11 Å². The molecule has 6 nitrogen and oxygen atoms in total. The Balaban J connectivity index is 2.12. The van der Waals surface area contributed by atoms with Crippen LogP contribution in [0.2, 0.25) is 0 Å². The first-order valence-electron chi connectivity index (χ1n) is 6.42. The van der Waals surface area contributed by atoms with E-state index >= 15 is 0 Å². The van der Waals surface area contributed by atoms with E-state index in [-0.39, 0.29) is 6.61 Å². The minimum atomic E-state index is 0.198. The third kappa shape index (κ3) is 3.59. The number of aliphatic hydroxyl groups excluding tert-OH is 1. The summed E-state index contributed by atoms with van der Waals surface area (Å²) < 4.78 is 0. The van der Waals surface area contributed by atoms with E-state index in [4.69, 9.17) is 23.1 Å². The second-order valence-corrected chi connectivity index (χ2v) is 4.98. The fraction of sp³-hybridized carbons (Fsp3) is 0.583. The first-order chi connectivity index (χ1) is 9.22. The normalized spacial score (nSPS) is 17.2. The zero-order valence-electron chi connectivity index (χ0n) is 10.8. The molecule has 3 N–H and O–H groups in total. The molecule has 0 amide bonds. The summed E-state index contributed by atoms with van der Waals surface area (Å²) in [6, 6.07) is 1.81. The molecule has 0 atom stereocenters. The number of aliphatic hydroxyl groups is 1. The van der Waals surface area contributed by atoms with Crippen LogP contribution in [-0.4, -0.2) is 64.5 Å². The van der Waals surface area contributed by atoms with Gasteiger partial charge >= 0.3 is 0 Å². The van der Waals surface area contributed by atoms with Gasteiger partial charge in [0, 0.05) is 26.2 Å². The number of hydrogen-bond donors (Lipinski definition) is 2. The topological polar surface area (TPSA) is 78.5 Å². The third-order valence-electron chi connectivity index (χ3n) is 3.27. The van der Waals surface area contributed by atoms with Crippen molar-refractivity contribution in [3.8, 4) is 0 Å². The lowest BCUT2D eigenvalue weighted by atomic mass is 10.2. The Morgan fingerprint density at radius 3 is 2.95 bits per heavy atom. The van der Waals surface area contributed by atoms with Crippen molar-refractivity contribution in [1.29, 1.82) is 0 Å². The van der Waals surface area contributed by atoms with Crippen molar-refractivity contribution in [2.75, 3.05) is 44.2 Å². The minimum Gasteiger partial charge on any atom is -0.395 e. The maximum atomic E-state index is 9.00. The van der Waals surface area contributed by atoms with Gasteiger partial charge in [-0.1, -0.05) is 12.2 Å². The molecule has 0 aromatic carbocycles. The summed E-state index contributed by atoms with van der Waals surface area (Å²) in [5, 5.41) is 17.1. The van der Waals surface area contributed by atoms with Crippen molar-refractivity contribution in [3.05, 3.63) is 17.8 Å². The lowest BCUT2D eigenvalue weighted by Crippen LogP contribution is -2.33. The van der Waals surface area contributed by atoms with Gasteiger partial charge in [-0.05, 0) is 19.0 Å². The Morgan fingerprint density at radius 2 is 2.21 bits per heavy atom. The van der Waals surface area contributed by atoms with Gasteiger partial charge < -0.3 is 15.7 Å². The molecule has 19 heavy (non-hydrogen) atoms. The lowest BCUT2D eigenvalue weighted by Gasteiger charge is -2.23. The zero-order chi connectivity index (χ0) is 13.7. The Morgan fingerprint density at radius 1 is 1.37 bits per heavy atom. The first kappa shape index (κ1) is 14.1. The number of nitrogens with two attached hydrogens (primary N) is 1. The molecule has 7 heteroatoms. The number of rotatable bonds is 4. The van der Waals surface area contributed by atoms with Gasteiger partial charge in [0.2, 0.25) is 0 Å². The van der Waals surface area contributed by atoms with E-state index in [1.807, 2.05) is 0 Å². The molecule has 1 aromatic heterocycles. The van der Waals surface area contributed by atoms with Crippen LogP contribution in [-0.2, 0) is 0 Å². The van der Waals surface area contributed by atoms with Crippen LogP contribution < -0.4 is 10.6 Å². The van der Waals surface area contributed by atoms with Crippen LogP contribution in [0.5, 0.6) is 0 Å². The quantitative estimate of drug-likeness (QED) is 0.728. The standard InChI is InChI=1S/C12H19N5OS/c13-11(19)10-2-3-14-15-12(10)17-5-1-4-16(6-7-17)8-9-18/h2-3,18H,1,4-9H2,(H2,13,19). The minimum absolute atomic E-state index is 0.198. The van der Waals surface area contributed by atoms with E-state index < -0.39 is 0 Å². The Hall–Kier alpha value is -1.31. The van der Waals surface area contributed by atoms with Gasteiger partial charge in [0.25, 0.3) is 0 Å². The fourth-order valence-electron chi connectivity index (χ4n) is 2.30. The van der Waals surface area contributed by atoms with E-state index in [9.17, 15) is 0 Å². The third-order valence-corrected chi connectivity index (χ3v) is 3.49. The molecule has 2 rings (SSSR count). The van der Waals surface area contributed by atoms with E-state index in [0.29, 0.717) is 4.99 Å². The van der Waals surface area contributed by atoms with Crippen LogP contribution >= 0.6 is 12.2 Å². The predicted molar refractivity (Wildman–Crippen MR) is 78.3 cm³/mol. The highest BCUT2D eigenvalue weighted by Crippen LogP contribution is 2.18. The number of β-amino-alcohol motifs (C(OH)–C–C–N with tert-alkyl or cyclic N) is 1. The Bertz CT molecular complexity index is 442. The number of thiocarbonyl (C=S) groups is 1. The second kappa shape index (κ2) is 6.74. The zero-order valence-corrected chi connectivity index (χ0v) is 11.6. The SMILES string of the molecule is NC(=S)c1ccnnc1N1CCCN(CCO)CC1. The van der Waals surface area contributed by atoms with Crippen LogP contribution in [0.15, 0.2) is 12.3 Å². The molecule has 1 saturated heterocycles. The van der Waals surface area contributed by atoms with Gasteiger partial charge in [-0.2, -0.15) is 5.10 Å². The molecular formula is C12H19N5OS. The molecule has 1 aromatic rings. The van der Waals surface area contributed by atoms with Crippen LogP contribution in [0.3, 0.4) is 0 Å². The van der Waals surface area contributed by atoms with Crippen LogP contribution in [0.25, 0.3) is 0 Å². The summed E-state index contributed by atoms with van der Waals surface area (Å²) in [6.07, 6.45) is 2.63. The van der Waals surface area contributed by atoms with E-state index in [0.717, 1.165) is 50.5 Å². The molecular weight excluding hydrogens is 262 g/mol. The highest BCUT2D eigenvalue weighted by molar-refractivity contribution is 7.80. The van der Waals surface area contributed by atoms with Crippen molar-refractivity contribution in [2.24, 2.45) is 5.73 Å². The molecule has 0 unspecified atom stereocenters. The summed E-state index contributed by atoms with van der Waals surface area (Å²) in [7, 11) is 0. The molecule has 104 valence electrons. The average Bonchev–Trinajstić information content (AvgIpc) is 2.65. The predicted octanol–water partition coefficient (Wildman–Crippen LogP) is -0.385. The Kier molecular flexibility index (Phi) is 5.00. The van der Waals surface area contributed by atoms with E-state index in [1.165, 1.54) is 0 Å². The van der Waals surface area contributed by atoms with Gasteiger partial charge in [-0.25, -0.2) is 0 Å². The molecule has 0 radical (unpaired) electrons. The summed E-state index contributed by atoms with van der Waals surface area (Å²) in [5.74, 6) is 0.765. The van der Waals surface area contributed by atoms with E-state index in [2.05, 4.69) is 20.0 Å². The van der Waals surface area contributed by atoms with Gasteiger partial charge in [0.05, 0.1) is 18.4 Å². The Labute approximate surface area is 118 Å². The maximum absolute atomic E-state index is 9.00. The molecule has 0 saturated carbocycles. The smallest absolute Gasteiger partial charge is 0.161 e. The van der Waals surface area contributed by atoms with Crippen molar-refractivity contribution in [1.82, 2.24) is 15.1 Å². The van der Waals surface area contributed by atoms with Gasteiger partial charge in [-0.15, -0.1) is 5.10 Å². The first-order valence-corrected chi connectivity index (χ1v) is 6.83. The number of anilines is 1. The van der Waals surface area contributed by atoms with Crippen LogP contribution in [0.4, 0.5) is 5.82 Å². The maximum Gasteiger partial charge on any atom is 0.161 e. The second-order valence-electron chi connectivity index (χ2n) is 4.54. The van der Waals surface area contributed by atoms with Crippen LogP contribution in [0.1, 0.15) is 12.0 Å². The van der Waals surface area contributed by atoms with Gasteiger partial charge in [0.1, 0.15) is 4.99 Å². The highest BCUT2D eigenvalue weighted by atomic mass is 32.1. The number of aromatic nitrogens is 2. The van der Waals surface area contributed by atoms with Crippen molar-refractivity contribution in [2.45, 2.75) is 6.42 Å². The molecule has 1 aliphatic heterocycles.